The summed E-state index contributed by atoms with van der Waals surface area (Å²) in [4.78, 5) is 15.0. The third kappa shape index (κ3) is 1.18. The lowest BCUT2D eigenvalue weighted by atomic mass is 10.2. The van der Waals surface area contributed by atoms with Crippen LogP contribution in [0.15, 0.2) is 12.3 Å². The highest BCUT2D eigenvalue weighted by Crippen LogP contribution is 2.17. The zero-order valence-corrected chi connectivity index (χ0v) is 6.13. The number of nitrogens with zero attached hydrogens (tertiary/aromatic N) is 1. The molecule has 0 saturated carbocycles. The number of carbonyl (C=O) groups excluding carboxylic acids is 1. The molecule has 3 nitrogen and oxygen atoms in total. The van der Waals surface area contributed by atoms with Gasteiger partial charge >= 0.3 is 5.97 Å². The van der Waals surface area contributed by atoms with Gasteiger partial charge in [0.2, 0.25) is 0 Å². The molecule has 1 aromatic rings. The van der Waals surface area contributed by atoms with Crippen molar-refractivity contribution in [1.82, 2.24) is 4.98 Å². The summed E-state index contributed by atoms with van der Waals surface area (Å²) < 4.78 is 4.78. The molecule has 12 heavy (non-hydrogen) atoms. The van der Waals surface area contributed by atoms with Gasteiger partial charge < -0.3 is 4.74 Å². The van der Waals surface area contributed by atoms with E-state index in [-0.39, 0.29) is 13.4 Å². The Hall–Kier alpha value is -1.38. The minimum atomic E-state index is -0.254. The molecule has 2 heterocycles. The van der Waals surface area contributed by atoms with Crippen LogP contribution >= 0.6 is 0 Å². The van der Waals surface area contributed by atoms with Crippen molar-refractivity contribution in [2.45, 2.75) is 21.0 Å². The molecular formula is C9H11NO2. The Bertz CT molecular complexity index is 320. The van der Waals surface area contributed by atoms with Crippen LogP contribution in [0.2, 0.25) is 0 Å². The second kappa shape index (κ2) is 2.93. The molecule has 0 spiro atoms. The molecule has 0 saturated heterocycles. The number of fused-ring (bicyclic) bond motifs is 1. The first-order valence-corrected chi connectivity index (χ1v) is 3.40. The Morgan fingerprint density at radius 2 is 2.33 bits per heavy atom. The molecular weight excluding hydrogens is 154 g/mol. The van der Waals surface area contributed by atoms with Crippen LogP contribution in [0, 0.1) is 6.92 Å². The fourth-order valence-electron chi connectivity index (χ4n) is 1.10. The van der Waals surface area contributed by atoms with E-state index in [9.17, 15) is 4.79 Å². The topological polar surface area (TPSA) is 39.2 Å². The number of cyclic esters (lactones) is 1. The largest absolute Gasteiger partial charge is 0.456 e. The lowest BCUT2D eigenvalue weighted by molar-refractivity contribution is 0.0533. The molecule has 2 rings (SSSR count). The summed E-state index contributed by atoms with van der Waals surface area (Å²) in [6, 6.07) is 1.80. The molecule has 0 aliphatic carbocycles. The van der Waals surface area contributed by atoms with Crippen LogP contribution in [0.4, 0.5) is 0 Å². The number of rotatable bonds is 0. The van der Waals surface area contributed by atoms with Gasteiger partial charge in [-0.15, -0.1) is 0 Å². The number of hydrogen-bond acceptors (Lipinski definition) is 3. The maximum absolute atomic E-state index is 11.0. The first-order chi connectivity index (χ1) is 5.27. The third-order valence-electron chi connectivity index (χ3n) is 1.67. The maximum atomic E-state index is 11.0. The van der Waals surface area contributed by atoms with Gasteiger partial charge in [0.1, 0.15) is 6.61 Å². The van der Waals surface area contributed by atoms with Gasteiger partial charge in [0, 0.05) is 6.20 Å². The van der Waals surface area contributed by atoms with Gasteiger partial charge in [-0.1, -0.05) is 7.43 Å². The highest BCUT2D eigenvalue weighted by Gasteiger charge is 2.21. The van der Waals surface area contributed by atoms with Crippen molar-refractivity contribution in [3.63, 3.8) is 0 Å². The smallest absolute Gasteiger partial charge is 0.340 e. The Balaban J connectivity index is 0.000000720. The van der Waals surface area contributed by atoms with E-state index in [1.165, 1.54) is 0 Å². The highest BCUT2D eigenvalue weighted by molar-refractivity contribution is 5.92. The summed E-state index contributed by atoms with van der Waals surface area (Å²) in [5, 5.41) is 0. The van der Waals surface area contributed by atoms with Crippen LogP contribution in [0.25, 0.3) is 0 Å². The molecule has 0 amide bonds. The van der Waals surface area contributed by atoms with Gasteiger partial charge in [-0.25, -0.2) is 4.79 Å². The van der Waals surface area contributed by atoms with E-state index in [1.807, 2.05) is 6.92 Å². The molecule has 0 fully saturated rings. The SMILES string of the molecule is C.Cc1cnc2c(c1)C(=O)OC2. The molecule has 3 heteroatoms. The van der Waals surface area contributed by atoms with Crippen molar-refractivity contribution in [1.29, 1.82) is 0 Å². The van der Waals surface area contributed by atoms with E-state index in [0.29, 0.717) is 12.2 Å². The zero-order chi connectivity index (χ0) is 7.84. The fraction of sp³-hybridized carbons (Fsp3) is 0.333. The molecule has 0 radical (unpaired) electrons. The van der Waals surface area contributed by atoms with Crippen LogP contribution in [0.5, 0.6) is 0 Å². The third-order valence-corrected chi connectivity index (χ3v) is 1.67. The zero-order valence-electron chi connectivity index (χ0n) is 6.13. The van der Waals surface area contributed by atoms with Crippen molar-refractivity contribution in [3.05, 3.63) is 29.1 Å². The van der Waals surface area contributed by atoms with Gasteiger partial charge in [-0.2, -0.15) is 0 Å². The Kier molecular flexibility index (Phi) is 2.13. The second-order valence-corrected chi connectivity index (χ2v) is 2.58. The first-order valence-electron chi connectivity index (χ1n) is 3.40. The van der Waals surface area contributed by atoms with Crippen LogP contribution in [0.3, 0.4) is 0 Å². The summed E-state index contributed by atoms with van der Waals surface area (Å²) in [5.74, 6) is -0.254. The minimum Gasteiger partial charge on any atom is -0.456 e. The number of esters is 1. The number of aryl methyl sites for hydroxylation is 1. The van der Waals surface area contributed by atoms with E-state index in [1.54, 1.807) is 12.3 Å². The van der Waals surface area contributed by atoms with E-state index < -0.39 is 0 Å². The molecule has 0 bridgehead atoms. The van der Waals surface area contributed by atoms with Gasteiger partial charge in [-0.3, -0.25) is 4.98 Å². The summed E-state index contributed by atoms with van der Waals surface area (Å²) >= 11 is 0. The molecule has 0 atom stereocenters. The Labute approximate surface area is 71.4 Å². The van der Waals surface area contributed by atoms with Crippen molar-refractivity contribution < 1.29 is 9.53 Å². The molecule has 1 aliphatic heterocycles. The number of ether oxygens (including phenoxy) is 1. The van der Waals surface area contributed by atoms with Crippen LogP contribution in [0.1, 0.15) is 29.0 Å². The highest BCUT2D eigenvalue weighted by atomic mass is 16.5. The molecule has 1 aliphatic rings. The monoisotopic (exact) mass is 165 g/mol. The average molecular weight is 165 g/mol. The second-order valence-electron chi connectivity index (χ2n) is 2.58. The Morgan fingerprint density at radius 1 is 1.58 bits per heavy atom. The number of pyridine rings is 1. The van der Waals surface area contributed by atoms with E-state index in [4.69, 9.17) is 4.74 Å². The standard InChI is InChI=1S/C8H7NO2.CH4/c1-5-2-6-7(9-3-5)4-11-8(6)10;/h2-3H,4H2,1H3;1H4. The van der Waals surface area contributed by atoms with E-state index in [2.05, 4.69) is 4.98 Å². The molecule has 0 N–H and O–H groups in total. The average Bonchev–Trinajstić information content (AvgIpc) is 2.33. The minimum absolute atomic E-state index is 0. The lowest BCUT2D eigenvalue weighted by Gasteiger charge is -1.92. The predicted molar refractivity (Wildman–Crippen MR) is 44.8 cm³/mol. The van der Waals surface area contributed by atoms with Crippen molar-refractivity contribution in [2.75, 3.05) is 0 Å². The number of aromatic nitrogens is 1. The van der Waals surface area contributed by atoms with Gasteiger partial charge in [0.25, 0.3) is 0 Å². The summed E-state index contributed by atoms with van der Waals surface area (Å²) in [6.07, 6.45) is 1.74. The van der Waals surface area contributed by atoms with Crippen molar-refractivity contribution in [3.8, 4) is 0 Å². The lowest BCUT2D eigenvalue weighted by Crippen LogP contribution is -1.94. The maximum Gasteiger partial charge on any atom is 0.340 e. The molecule has 1 aromatic heterocycles. The quantitative estimate of drug-likeness (QED) is 0.549. The van der Waals surface area contributed by atoms with Gasteiger partial charge in [0.05, 0.1) is 11.3 Å². The predicted octanol–water partition coefficient (Wildman–Crippen LogP) is 1.70. The normalized spacial score (nSPS) is 13.2. The molecule has 0 unspecified atom stereocenters. The van der Waals surface area contributed by atoms with Crippen LogP contribution in [-0.4, -0.2) is 11.0 Å². The first kappa shape index (κ1) is 8.71. The van der Waals surface area contributed by atoms with E-state index >= 15 is 0 Å². The van der Waals surface area contributed by atoms with Crippen molar-refractivity contribution >= 4 is 5.97 Å². The fourth-order valence-corrected chi connectivity index (χ4v) is 1.10. The number of carbonyl (C=O) groups is 1. The van der Waals surface area contributed by atoms with Gasteiger partial charge in [0.15, 0.2) is 0 Å². The van der Waals surface area contributed by atoms with Crippen LogP contribution in [-0.2, 0) is 11.3 Å². The molecule has 64 valence electrons. The van der Waals surface area contributed by atoms with Crippen molar-refractivity contribution in [2.24, 2.45) is 0 Å². The summed E-state index contributed by atoms with van der Waals surface area (Å²) in [5.41, 5.74) is 2.35. The summed E-state index contributed by atoms with van der Waals surface area (Å²) in [6.45, 7) is 2.23. The number of hydrogen-bond donors (Lipinski definition) is 0. The van der Waals surface area contributed by atoms with Crippen LogP contribution < -0.4 is 0 Å². The van der Waals surface area contributed by atoms with E-state index in [0.717, 1.165) is 11.3 Å². The molecule has 0 aromatic carbocycles. The summed E-state index contributed by atoms with van der Waals surface area (Å²) in [7, 11) is 0. The van der Waals surface area contributed by atoms with Gasteiger partial charge in [-0.05, 0) is 18.6 Å². The Morgan fingerprint density at radius 3 is 3.08 bits per heavy atom.